The number of carbonyl (C=O) groups is 1. The smallest absolute Gasteiger partial charge is 0.166 e. The van der Waals surface area contributed by atoms with Crippen LogP contribution in [0.5, 0.6) is 0 Å². The molecule has 1 atom stereocenters. The number of carbonyl (C=O) groups excluding carboxylic acids is 1. The van der Waals surface area contributed by atoms with Gasteiger partial charge in [0.2, 0.25) is 0 Å². The predicted molar refractivity (Wildman–Crippen MR) is 67.7 cm³/mol. The van der Waals surface area contributed by atoms with Gasteiger partial charge in [0.1, 0.15) is 5.82 Å². The summed E-state index contributed by atoms with van der Waals surface area (Å²) in [7, 11) is 2.14. The van der Waals surface area contributed by atoms with E-state index >= 15 is 0 Å². The summed E-state index contributed by atoms with van der Waals surface area (Å²) >= 11 is 0. The van der Waals surface area contributed by atoms with Crippen molar-refractivity contribution >= 4 is 11.9 Å². The van der Waals surface area contributed by atoms with Crippen LogP contribution >= 0.6 is 0 Å². The fraction of sp³-hybridized carbons (Fsp3) is 0.462. The normalized spacial score (nSPS) is 20.6. The second kappa shape index (κ2) is 4.49. The maximum absolute atomic E-state index is 11.1. The summed E-state index contributed by atoms with van der Waals surface area (Å²) in [5.74, 6) is 0.881. The molecule has 3 rings (SSSR count). The Balaban J connectivity index is 1.99. The van der Waals surface area contributed by atoms with Crippen LogP contribution in [0.25, 0.3) is 5.65 Å². The lowest BCUT2D eigenvalue weighted by Gasteiger charge is -2.18. The van der Waals surface area contributed by atoms with Crippen molar-refractivity contribution in [2.24, 2.45) is 0 Å². The molecule has 2 aromatic heterocycles. The van der Waals surface area contributed by atoms with Gasteiger partial charge in [0.25, 0.3) is 0 Å². The van der Waals surface area contributed by atoms with E-state index < -0.39 is 0 Å². The third-order valence-corrected chi connectivity index (χ3v) is 3.74. The molecule has 3 heterocycles. The van der Waals surface area contributed by atoms with Crippen LogP contribution in [0.4, 0.5) is 0 Å². The van der Waals surface area contributed by atoms with Gasteiger partial charge in [0.15, 0.2) is 11.9 Å². The highest BCUT2D eigenvalue weighted by Crippen LogP contribution is 2.19. The van der Waals surface area contributed by atoms with Crippen molar-refractivity contribution in [2.45, 2.75) is 25.3 Å². The topological polar surface area (TPSA) is 50.5 Å². The van der Waals surface area contributed by atoms with E-state index in [1.807, 2.05) is 16.5 Å². The minimum Gasteiger partial charge on any atom is -0.303 e. The second-order valence-corrected chi connectivity index (χ2v) is 4.86. The number of aldehydes is 1. The van der Waals surface area contributed by atoms with E-state index in [-0.39, 0.29) is 0 Å². The maximum atomic E-state index is 11.1. The van der Waals surface area contributed by atoms with Crippen molar-refractivity contribution < 1.29 is 4.79 Å². The van der Waals surface area contributed by atoms with Gasteiger partial charge in [-0.3, -0.25) is 9.20 Å². The quantitative estimate of drug-likeness (QED) is 0.761. The van der Waals surface area contributed by atoms with Crippen molar-refractivity contribution in [3.63, 3.8) is 0 Å². The Morgan fingerprint density at radius 1 is 1.44 bits per heavy atom. The summed E-state index contributed by atoms with van der Waals surface area (Å²) in [6.45, 7) is 1.14. The highest BCUT2D eigenvalue weighted by molar-refractivity contribution is 5.73. The van der Waals surface area contributed by atoms with Gasteiger partial charge in [0.05, 0.1) is 5.69 Å². The Bertz CT molecular complexity index is 577. The average Bonchev–Trinajstić information content (AvgIpc) is 2.97. The van der Waals surface area contributed by atoms with Gasteiger partial charge < -0.3 is 4.90 Å². The van der Waals surface area contributed by atoms with Gasteiger partial charge in [-0.05, 0) is 38.6 Å². The summed E-state index contributed by atoms with van der Waals surface area (Å²) in [5.41, 5.74) is 1.36. The maximum Gasteiger partial charge on any atom is 0.166 e. The molecule has 0 amide bonds. The van der Waals surface area contributed by atoms with E-state index in [9.17, 15) is 4.79 Å². The third-order valence-electron chi connectivity index (χ3n) is 3.74. The molecule has 18 heavy (non-hydrogen) atoms. The number of rotatable bonds is 3. The second-order valence-electron chi connectivity index (χ2n) is 4.86. The lowest BCUT2D eigenvalue weighted by atomic mass is 10.1. The zero-order chi connectivity index (χ0) is 12.5. The van der Waals surface area contributed by atoms with E-state index in [2.05, 4.69) is 22.1 Å². The number of likely N-dealkylation sites (tertiary alicyclic amines) is 1. The molecular weight excluding hydrogens is 228 g/mol. The summed E-state index contributed by atoms with van der Waals surface area (Å²) < 4.78 is 1.86. The molecule has 1 fully saturated rings. The van der Waals surface area contributed by atoms with E-state index in [0.717, 1.165) is 30.7 Å². The molecule has 0 aliphatic carbocycles. The molecule has 5 heteroatoms. The van der Waals surface area contributed by atoms with Gasteiger partial charge in [0, 0.05) is 12.5 Å². The lowest BCUT2D eigenvalue weighted by molar-refractivity contribution is 0.111. The number of aromatic nitrogens is 3. The number of hydrogen-bond donors (Lipinski definition) is 0. The molecule has 1 aliphatic rings. The fourth-order valence-corrected chi connectivity index (χ4v) is 2.70. The van der Waals surface area contributed by atoms with Crippen molar-refractivity contribution in [2.75, 3.05) is 13.6 Å². The van der Waals surface area contributed by atoms with Crippen LogP contribution in [0.1, 0.15) is 29.2 Å². The highest BCUT2D eigenvalue weighted by Gasteiger charge is 2.23. The van der Waals surface area contributed by atoms with Crippen LogP contribution in [0.3, 0.4) is 0 Å². The van der Waals surface area contributed by atoms with Crippen LogP contribution in [-0.2, 0) is 6.42 Å². The summed E-state index contributed by atoms with van der Waals surface area (Å²) in [6.07, 6.45) is 4.13. The van der Waals surface area contributed by atoms with Gasteiger partial charge in [-0.25, -0.2) is 0 Å². The summed E-state index contributed by atoms with van der Waals surface area (Å²) in [4.78, 5) is 13.4. The summed E-state index contributed by atoms with van der Waals surface area (Å²) in [5, 5.41) is 8.36. The summed E-state index contributed by atoms with van der Waals surface area (Å²) in [6, 6.07) is 6.02. The molecule has 0 bridgehead atoms. The lowest BCUT2D eigenvalue weighted by Crippen LogP contribution is -2.27. The Hall–Kier alpha value is -1.75. The minimum absolute atomic E-state index is 0.511. The van der Waals surface area contributed by atoms with Crippen molar-refractivity contribution in [3.8, 4) is 0 Å². The molecule has 1 saturated heterocycles. The first-order valence-electron chi connectivity index (χ1n) is 6.28. The molecule has 0 aromatic carbocycles. The van der Waals surface area contributed by atoms with Gasteiger partial charge >= 0.3 is 0 Å². The van der Waals surface area contributed by atoms with Crippen molar-refractivity contribution in [1.82, 2.24) is 19.5 Å². The first-order valence-corrected chi connectivity index (χ1v) is 6.28. The molecule has 0 saturated carbocycles. The monoisotopic (exact) mass is 244 g/mol. The van der Waals surface area contributed by atoms with Gasteiger partial charge in [-0.15, -0.1) is 10.2 Å². The molecule has 2 aromatic rings. The fourth-order valence-electron chi connectivity index (χ4n) is 2.70. The van der Waals surface area contributed by atoms with Crippen LogP contribution in [-0.4, -0.2) is 45.4 Å². The average molecular weight is 244 g/mol. The largest absolute Gasteiger partial charge is 0.303 e. The van der Waals surface area contributed by atoms with Gasteiger partial charge in [-0.2, -0.15) is 0 Å². The van der Waals surface area contributed by atoms with E-state index in [4.69, 9.17) is 0 Å². The number of fused-ring (bicyclic) bond motifs is 1. The Kier molecular flexibility index (Phi) is 2.83. The van der Waals surface area contributed by atoms with E-state index in [1.165, 1.54) is 12.8 Å². The van der Waals surface area contributed by atoms with Crippen molar-refractivity contribution in [3.05, 3.63) is 29.7 Å². The number of hydrogen-bond acceptors (Lipinski definition) is 4. The molecule has 1 unspecified atom stereocenters. The standard InChI is InChI=1S/C13H16N4O/c1-16-7-3-5-10(16)8-13-15-14-12-6-2-4-11(9-18)17(12)13/h2,4,6,9-10H,3,5,7-8H2,1H3. The Labute approximate surface area is 105 Å². The Morgan fingerprint density at radius 3 is 3.06 bits per heavy atom. The predicted octanol–water partition coefficient (Wildman–Crippen LogP) is 1.18. The van der Waals surface area contributed by atoms with Crippen LogP contribution in [0.15, 0.2) is 18.2 Å². The van der Waals surface area contributed by atoms with Crippen LogP contribution in [0.2, 0.25) is 0 Å². The van der Waals surface area contributed by atoms with E-state index in [0.29, 0.717) is 11.7 Å². The zero-order valence-electron chi connectivity index (χ0n) is 10.4. The first-order chi connectivity index (χ1) is 8.79. The third kappa shape index (κ3) is 1.80. The molecule has 0 radical (unpaired) electrons. The molecule has 0 N–H and O–H groups in total. The van der Waals surface area contributed by atoms with Crippen molar-refractivity contribution in [1.29, 1.82) is 0 Å². The number of nitrogens with zero attached hydrogens (tertiary/aromatic N) is 4. The zero-order valence-corrected chi connectivity index (χ0v) is 10.4. The first kappa shape index (κ1) is 11.3. The van der Waals surface area contributed by atoms with Gasteiger partial charge in [-0.1, -0.05) is 6.07 Å². The van der Waals surface area contributed by atoms with Crippen LogP contribution in [0, 0.1) is 0 Å². The Morgan fingerprint density at radius 2 is 2.33 bits per heavy atom. The molecule has 1 aliphatic heterocycles. The highest BCUT2D eigenvalue weighted by atomic mass is 16.1. The molecule has 5 nitrogen and oxygen atoms in total. The molecule has 94 valence electrons. The number of pyridine rings is 1. The minimum atomic E-state index is 0.511. The SMILES string of the molecule is CN1CCCC1Cc1nnc2cccc(C=O)n12. The molecular formula is C13H16N4O. The number of likely N-dealkylation sites (N-methyl/N-ethyl adjacent to an activating group) is 1. The van der Waals surface area contributed by atoms with E-state index in [1.54, 1.807) is 6.07 Å². The molecule has 0 spiro atoms. The van der Waals surface area contributed by atoms with Crippen LogP contribution < -0.4 is 0 Å².